The van der Waals surface area contributed by atoms with Crippen molar-refractivity contribution in [1.82, 2.24) is 10.2 Å². The summed E-state index contributed by atoms with van der Waals surface area (Å²) in [5, 5.41) is 11.4. The molecule has 0 atom stereocenters. The van der Waals surface area contributed by atoms with E-state index in [9.17, 15) is 9.59 Å². The second-order valence-electron chi connectivity index (χ2n) is 5.46. The number of aromatic amines is 1. The zero-order chi connectivity index (χ0) is 17.1. The Labute approximate surface area is 143 Å². The van der Waals surface area contributed by atoms with Gasteiger partial charge < -0.3 is 5.32 Å². The van der Waals surface area contributed by atoms with Crippen LogP contribution in [0.25, 0.3) is 10.8 Å². The maximum absolute atomic E-state index is 12.1. The smallest absolute Gasteiger partial charge is 0.272 e. The molecule has 0 saturated heterocycles. The summed E-state index contributed by atoms with van der Waals surface area (Å²) in [5.74, 6) is -0.0961. The lowest BCUT2D eigenvalue weighted by molar-refractivity contribution is -0.115. The van der Waals surface area contributed by atoms with Crippen LogP contribution in [0, 0.1) is 0 Å². The molecule has 0 spiro atoms. The predicted octanol–water partition coefficient (Wildman–Crippen LogP) is 3.52. The Bertz CT molecular complexity index is 949. The van der Waals surface area contributed by atoms with E-state index in [1.807, 2.05) is 30.3 Å². The normalized spacial score (nSPS) is 10.8. The fourth-order valence-corrected chi connectivity index (χ4v) is 2.61. The molecule has 1 amide bonds. The summed E-state index contributed by atoms with van der Waals surface area (Å²) in [6.45, 7) is 1.78. The molecule has 5 nitrogen and oxygen atoms in total. The van der Waals surface area contributed by atoms with Crippen molar-refractivity contribution in [3.05, 3.63) is 69.1 Å². The summed E-state index contributed by atoms with van der Waals surface area (Å²) < 4.78 is 0. The van der Waals surface area contributed by atoms with Gasteiger partial charge in [0.1, 0.15) is 0 Å². The highest BCUT2D eigenvalue weighted by Crippen LogP contribution is 2.21. The number of rotatable bonds is 4. The molecule has 3 aromatic rings. The van der Waals surface area contributed by atoms with Crippen molar-refractivity contribution in [2.75, 3.05) is 5.32 Å². The van der Waals surface area contributed by atoms with Gasteiger partial charge in [-0.05, 0) is 29.8 Å². The highest BCUT2D eigenvalue weighted by Gasteiger charge is 2.09. The fraction of sp³-hybridized carbons (Fsp3) is 0.167. The van der Waals surface area contributed by atoms with Crippen molar-refractivity contribution in [2.24, 2.45) is 0 Å². The summed E-state index contributed by atoms with van der Waals surface area (Å²) in [6, 6.07) is 12.8. The lowest BCUT2D eigenvalue weighted by Gasteiger charge is -2.08. The Morgan fingerprint density at radius 3 is 2.62 bits per heavy atom. The van der Waals surface area contributed by atoms with E-state index in [1.165, 1.54) is 0 Å². The van der Waals surface area contributed by atoms with Gasteiger partial charge in [0.05, 0.1) is 11.1 Å². The van der Waals surface area contributed by atoms with Crippen molar-refractivity contribution >= 4 is 34.0 Å². The van der Waals surface area contributed by atoms with Crippen molar-refractivity contribution in [1.29, 1.82) is 0 Å². The molecule has 0 radical (unpaired) electrons. The highest BCUT2D eigenvalue weighted by molar-refractivity contribution is 6.30. The maximum Gasteiger partial charge on any atom is 0.272 e. The second kappa shape index (κ2) is 6.84. The van der Waals surface area contributed by atoms with Crippen LogP contribution in [0.4, 0.5) is 5.69 Å². The monoisotopic (exact) mass is 341 g/mol. The first-order valence-electron chi connectivity index (χ1n) is 7.62. The lowest BCUT2D eigenvalue weighted by atomic mass is 10.0. The van der Waals surface area contributed by atoms with Gasteiger partial charge in [0.15, 0.2) is 0 Å². The van der Waals surface area contributed by atoms with E-state index in [4.69, 9.17) is 11.6 Å². The fourth-order valence-electron chi connectivity index (χ4n) is 2.48. The minimum Gasteiger partial charge on any atom is -0.326 e. The average Bonchev–Trinajstić information content (AvgIpc) is 2.59. The number of amides is 1. The number of carbonyl (C=O) groups excluding carboxylic acids is 1. The van der Waals surface area contributed by atoms with Crippen molar-refractivity contribution in [3.8, 4) is 0 Å². The predicted molar refractivity (Wildman–Crippen MR) is 95.5 cm³/mol. The Kier molecular flexibility index (Phi) is 4.62. The van der Waals surface area contributed by atoms with Crippen LogP contribution < -0.4 is 10.9 Å². The van der Waals surface area contributed by atoms with Crippen molar-refractivity contribution < 1.29 is 4.79 Å². The first-order valence-corrected chi connectivity index (χ1v) is 8.00. The second-order valence-corrected chi connectivity index (χ2v) is 5.90. The molecule has 2 aromatic carbocycles. The van der Waals surface area contributed by atoms with Crippen LogP contribution in [0.3, 0.4) is 0 Å². The number of nitrogens with zero attached hydrogens (tertiary/aromatic N) is 1. The number of hydrogen-bond acceptors (Lipinski definition) is 3. The third kappa shape index (κ3) is 3.46. The van der Waals surface area contributed by atoms with Gasteiger partial charge in [-0.3, -0.25) is 9.59 Å². The highest BCUT2D eigenvalue weighted by atomic mass is 35.5. The third-order valence-corrected chi connectivity index (χ3v) is 4.01. The molecular formula is C18H16ClN3O2. The number of H-pyrrole nitrogens is 1. The van der Waals surface area contributed by atoms with Crippen LogP contribution in [-0.2, 0) is 11.2 Å². The van der Waals surface area contributed by atoms with Gasteiger partial charge >= 0.3 is 0 Å². The molecule has 0 unspecified atom stereocenters. The van der Waals surface area contributed by atoms with E-state index in [0.717, 1.165) is 16.6 Å². The molecule has 1 aromatic heterocycles. The van der Waals surface area contributed by atoms with Crippen molar-refractivity contribution in [3.63, 3.8) is 0 Å². The summed E-state index contributed by atoms with van der Waals surface area (Å²) >= 11 is 5.90. The number of anilines is 1. The number of aromatic nitrogens is 2. The summed E-state index contributed by atoms with van der Waals surface area (Å²) in [7, 11) is 0. The molecule has 2 N–H and O–H groups in total. The van der Waals surface area contributed by atoms with E-state index in [-0.39, 0.29) is 11.5 Å². The van der Waals surface area contributed by atoms with E-state index in [2.05, 4.69) is 15.5 Å². The average molecular weight is 342 g/mol. The van der Waals surface area contributed by atoms with E-state index in [1.54, 1.807) is 19.1 Å². The van der Waals surface area contributed by atoms with E-state index >= 15 is 0 Å². The van der Waals surface area contributed by atoms with Crippen LogP contribution in [0.5, 0.6) is 0 Å². The van der Waals surface area contributed by atoms with Crippen LogP contribution in [0.2, 0.25) is 5.02 Å². The SMILES string of the molecule is CCC(=O)Nc1ccc2c(Cc3ccc(Cl)cc3)n[nH]c(=O)c2c1. The molecule has 0 aliphatic heterocycles. The molecule has 0 aliphatic carbocycles. The van der Waals surface area contributed by atoms with Crippen molar-refractivity contribution in [2.45, 2.75) is 19.8 Å². The molecule has 0 bridgehead atoms. The van der Waals surface area contributed by atoms with Crippen LogP contribution in [0.1, 0.15) is 24.6 Å². The Morgan fingerprint density at radius 1 is 1.17 bits per heavy atom. The number of hydrogen-bond donors (Lipinski definition) is 2. The van der Waals surface area contributed by atoms with Gasteiger partial charge in [-0.1, -0.05) is 36.7 Å². The standard InChI is InChI=1S/C18H16ClN3O2/c1-2-17(23)20-13-7-8-14-15(10-13)18(24)22-21-16(14)9-11-3-5-12(19)6-4-11/h3-8,10H,2,9H2,1H3,(H,20,23)(H,22,24). The summed E-state index contributed by atoms with van der Waals surface area (Å²) in [6.07, 6.45) is 0.956. The minimum atomic E-state index is -0.280. The molecule has 3 rings (SSSR count). The minimum absolute atomic E-state index is 0.0961. The molecule has 24 heavy (non-hydrogen) atoms. The van der Waals surface area contributed by atoms with Gasteiger partial charge in [-0.25, -0.2) is 5.10 Å². The van der Waals surface area contributed by atoms with Gasteiger partial charge in [0.25, 0.3) is 5.56 Å². The first kappa shape index (κ1) is 16.2. The lowest BCUT2D eigenvalue weighted by Crippen LogP contribution is -2.13. The number of fused-ring (bicyclic) bond motifs is 1. The van der Waals surface area contributed by atoms with Gasteiger partial charge in [-0.15, -0.1) is 0 Å². The van der Waals surface area contributed by atoms with Gasteiger partial charge in [0.2, 0.25) is 5.91 Å². The summed E-state index contributed by atoms with van der Waals surface area (Å²) in [4.78, 5) is 23.6. The van der Waals surface area contributed by atoms with E-state index < -0.39 is 0 Å². The maximum atomic E-state index is 12.1. The molecule has 0 saturated carbocycles. The van der Waals surface area contributed by atoms with E-state index in [0.29, 0.717) is 28.9 Å². The third-order valence-electron chi connectivity index (χ3n) is 3.76. The van der Waals surface area contributed by atoms with Crippen LogP contribution in [0.15, 0.2) is 47.3 Å². The molecule has 1 heterocycles. The molecule has 6 heteroatoms. The van der Waals surface area contributed by atoms with Gasteiger partial charge in [0, 0.05) is 28.9 Å². The zero-order valence-electron chi connectivity index (χ0n) is 13.1. The quantitative estimate of drug-likeness (QED) is 0.762. The number of carbonyl (C=O) groups is 1. The molecule has 122 valence electrons. The number of nitrogens with one attached hydrogen (secondary N) is 2. The Balaban J connectivity index is 2.00. The largest absolute Gasteiger partial charge is 0.326 e. The summed E-state index contributed by atoms with van der Waals surface area (Å²) in [5.41, 5.74) is 2.13. The molecular weight excluding hydrogens is 326 g/mol. The van der Waals surface area contributed by atoms with Gasteiger partial charge in [-0.2, -0.15) is 5.10 Å². The molecule has 0 fully saturated rings. The molecule has 0 aliphatic rings. The topological polar surface area (TPSA) is 74.8 Å². The Hall–Kier alpha value is -2.66. The zero-order valence-corrected chi connectivity index (χ0v) is 13.9. The number of benzene rings is 2. The van der Waals surface area contributed by atoms with Crippen LogP contribution in [-0.4, -0.2) is 16.1 Å². The Morgan fingerprint density at radius 2 is 1.92 bits per heavy atom. The first-order chi connectivity index (χ1) is 11.6. The van der Waals surface area contributed by atoms with Crippen LogP contribution >= 0.6 is 11.6 Å². The number of halogens is 1.